The van der Waals surface area contributed by atoms with Gasteiger partial charge in [0.1, 0.15) is 5.65 Å². The zero-order chi connectivity index (χ0) is 11.1. The van der Waals surface area contributed by atoms with Crippen molar-refractivity contribution in [2.45, 2.75) is 0 Å². The molecule has 3 aromatic heterocycles. The Morgan fingerprint density at radius 3 is 3.00 bits per heavy atom. The number of aromatic amines is 1. The van der Waals surface area contributed by atoms with Crippen LogP contribution in [0.15, 0.2) is 35.3 Å². The molecule has 5 nitrogen and oxygen atoms in total. The van der Waals surface area contributed by atoms with Crippen molar-refractivity contribution in [2.75, 3.05) is 0 Å². The van der Waals surface area contributed by atoms with Crippen LogP contribution in [0, 0.1) is 6.57 Å². The molecular weight excluding hydrogens is 204 g/mol. The van der Waals surface area contributed by atoms with E-state index in [0.29, 0.717) is 17.0 Å². The summed E-state index contributed by atoms with van der Waals surface area (Å²) in [6.45, 7) is 6.95. The molecule has 5 heteroatoms. The molecule has 16 heavy (non-hydrogen) atoms. The van der Waals surface area contributed by atoms with Crippen molar-refractivity contribution in [3.05, 3.63) is 52.2 Å². The normalized spacial score (nSPS) is 10.7. The van der Waals surface area contributed by atoms with Crippen LogP contribution in [0.2, 0.25) is 0 Å². The molecule has 0 aliphatic heterocycles. The zero-order valence-electron chi connectivity index (χ0n) is 8.14. The first-order valence-corrected chi connectivity index (χ1v) is 4.66. The first kappa shape index (κ1) is 8.68. The van der Waals surface area contributed by atoms with Crippen LogP contribution < -0.4 is 5.56 Å². The molecule has 0 atom stereocenters. The van der Waals surface area contributed by atoms with Crippen LogP contribution in [0.1, 0.15) is 0 Å². The van der Waals surface area contributed by atoms with Crippen LogP contribution in [-0.4, -0.2) is 14.4 Å². The summed E-state index contributed by atoms with van der Waals surface area (Å²) in [5, 5.41) is 0. The smallest absolute Gasteiger partial charge is 0.249 e. The molecule has 0 fully saturated rings. The maximum atomic E-state index is 11.1. The van der Waals surface area contributed by atoms with Gasteiger partial charge in [0, 0.05) is 12.3 Å². The number of aromatic nitrogens is 3. The molecule has 0 bridgehead atoms. The second-order valence-electron chi connectivity index (χ2n) is 3.40. The fourth-order valence-corrected chi connectivity index (χ4v) is 1.68. The van der Waals surface area contributed by atoms with Crippen LogP contribution in [0.3, 0.4) is 0 Å². The molecule has 0 aliphatic rings. The van der Waals surface area contributed by atoms with Gasteiger partial charge in [0.2, 0.25) is 11.2 Å². The van der Waals surface area contributed by atoms with Gasteiger partial charge in [-0.15, -0.1) is 0 Å². The molecular formula is C11H6N4O. The lowest BCUT2D eigenvalue weighted by Crippen LogP contribution is -2.02. The number of hydrogen-bond acceptors (Lipinski definition) is 2. The Hall–Kier alpha value is -2.61. The summed E-state index contributed by atoms with van der Waals surface area (Å²) >= 11 is 0. The van der Waals surface area contributed by atoms with Crippen molar-refractivity contribution in [3.63, 3.8) is 0 Å². The van der Waals surface area contributed by atoms with Gasteiger partial charge in [-0.3, -0.25) is 4.79 Å². The summed E-state index contributed by atoms with van der Waals surface area (Å²) in [6, 6.07) is 6.60. The number of hydrogen-bond donors (Lipinski definition) is 1. The fourth-order valence-electron chi connectivity index (χ4n) is 1.68. The van der Waals surface area contributed by atoms with Crippen LogP contribution in [0.25, 0.3) is 21.7 Å². The largest absolute Gasteiger partial charge is 0.309 e. The van der Waals surface area contributed by atoms with E-state index in [9.17, 15) is 4.79 Å². The quantitative estimate of drug-likeness (QED) is 0.574. The lowest BCUT2D eigenvalue weighted by molar-refractivity contribution is 1.23. The second kappa shape index (κ2) is 2.94. The van der Waals surface area contributed by atoms with E-state index in [0.717, 1.165) is 5.52 Å². The van der Waals surface area contributed by atoms with E-state index < -0.39 is 0 Å². The SMILES string of the molecule is [C-]#[N+]c1ccc2nc3[nH]c(=O)ccc3n2c1. The Bertz CT molecular complexity index is 791. The molecule has 76 valence electrons. The number of pyridine rings is 2. The Labute approximate surface area is 89.8 Å². The third kappa shape index (κ3) is 1.10. The summed E-state index contributed by atoms with van der Waals surface area (Å²) in [6.07, 6.45) is 1.70. The molecule has 0 amide bonds. The lowest BCUT2D eigenvalue weighted by Gasteiger charge is -1.94. The highest BCUT2D eigenvalue weighted by molar-refractivity contribution is 5.77. The molecule has 0 radical (unpaired) electrons. The number of nitrogens with one attached hydrogen (secondary N) is 1. The van der Waals surface area contributed by atoms with Crippen LogP contribution in [-0.2, 0) is 0 Å². The highest BCUT2D eigenvalue weighted by Crippen LogP contribution is 2.18. The number of H-pyrrole nitrogens is 1. The predicted octanol–water partition coefficient (Wildman–Crippen LogP) is 1.73. The van der Waals surface area contributed by atoms with Gasteiger partial charge < -0.3 is 9.38 Å². The summed E-state index contributed by atoms with van der Waals surface area (Å²) in [5.74, 6) is 0. The van der Waals surface area contributed by atoms with Crippen molar-refractivity contribution in [3.8, 4) is 0 Å². The second-order valence-corrected chi connectivity index (χ2v) is 3.40. The topological polar surface area (TPSA) is 54.5 Å². The molecule has 0 saturated heterocycles. The van der Waals surface area contributed by atoms with E-state index in [1.807, 2.05) is 0 Å². The number of rotatable bonds is 0. The number of imidazole rings is 1. The van der Waals surface area contributed by atoms with Crippen molar-refractivity contribution in [1.29, 1.82) is 0 Å². The van der Waals surface area contributed by atoms with E-state index >= 15 is 0 Å². The third-order valence-corrected chi connectivity index (χ3v) is 2.40. The van der Waals surface area contributed by atoms with E-state index in [2.05, 4.69) is 14.8 Å². The van der Waals surface area contributed by atoms with Gasteiger partial charge in [0.25, 0.3) is 0 Å². The van der Waals surface area contributed by atoms with Gasteiger partial charge in [-0.1, -0.05) is 6.07 Å². The minimum absolute atomic E-state index is 0.179. The van der Waals surface area contributed by atoms with Gasteiger partial charge in [-0.05, 0) is 12.1 Å². The first-order chi connectivity index (χ1) is 7.78. The average Bonchev–Trinajstić information content (AvgIpc) is 2.65. The maximum Gasteiger partial charge on any atom is 0.249 e. The summed E-state index contributed by atoms with van der Waals surface area (Å²) in [7, 11) is 0. The molecule has 3 heterocycles. The number of nitrogens with zero attached hydrogens (tertiary/aromatic N) is 3. The zero-order valence-corrected chi connectivity index (χ0v) is 8.14. The minimum Gasteiger partial charge on any atom is -0.309 e. The molecule has 0 saturated carbocycles. The fraction of sp³-hybridized carbons (Fsp3) is 0. The van der Waals surface area contributed by atoms with E-state index in [1.54, 1.807) is 28.8 Å². The number of fused-ring (bicyclic) bond motifs is 3. The molecule has 0 aliphatic carbocycles. The van der Waals surface area contributed by atoms with Gasteiger partial charge in [0.15, 0.2) is 5.65 Å². The van der Waals surface area contributed by atoms with E-state index in [4.69, 9.17) is 6.57 Å². The van der Waals surface area contributed by atoms with Crippen LogP contribution >= 0.6 is 0 Å². The van der Waals surface area contributed by atoms with Crippen LogP contribution in [0.4, 0.5) is 5.69 Å². The molecule has 0 unspecified atom stereocenters. The van der Waals surface area contributed by atoms with E-state index in [-0.39, 0.29) is 5.56 Å². The van der Waals surface area contributed by atoms with Gasteiger partial charge in [-0.25, -0.2) is 9.83 Å². The molecule has 3 aromatic rings. The minimum atomic E-state index is -0.179. The average molecular weight is 210 g/mol. The standard InChI is InChI=1S/C11H6N4O/c1-12-7-2-4-9-13-11-8(15(9)6-7)3-5-10(16)14-11/h2-6H,(H,14,16). The highest BCUT2D eigenvalue weighted by Gasteiger charge is 2.04. The highest BCUT2D eigenvalue weighted by atomic mass is 16.1. The first-order valence-electron chi connectivity index (χ1n) is 4.66. The van der Waals surface area contributed by atoms with Crippen LogP contribution in [0.5, 0.6) is 0 Å². The Morgan fingerprint density at radius 1 is 1.31 bits per heavy atom. The monoisotopic (exact) mass is 210 g/mol. The van der Waals surface area contributed by atoms with Crippen molar-refractivity contribution < 1.29 is 0 Å². The molecule has 1 N–H and O–H groups in total. The summed E-state index contributed by atoms with van der Waals surface area (Å²) in [4.78, 5) is 21.4. The van der Waals surface area contributed by atoms with Gasteiger partial charge in [0.05, 0.1) is 12.1 Å². The van der Waals surface area contributed by atoms with Crippen molar-refractivity contribution in [2.24, 2.45) is 0 Å². The van der Waals surface area contributed by atoms with E-state index in [1.165, 1.54) is 6.07 Å². The van der Waals surface area contributed by atoms with Crippen molar-refractivity contribution in [1.82, 2.24) is 14.4 Å². The Morgan fingerprint density at radius 2 is 2.19 bits per heavy atom. The predicted molar refractivity (Wildman–Crippen MR) is 59.6 cm³/mol. The molecule has 0 spiro atoms. The van der Waals surface area contributed by atoms with Gasteiger partial charge >= 0.3 is 0 Å². The van der Waals surface area contributed by atoms with Gasteiger partial charge in [-0.2, -0.15) is 0 Å². The third-order valence-electron chi connectivity index (χ3n) is 2.40. The molecule has 0 aromatic carbocycles. The Kier molecular flexibility index (Phi) is 1.59. The molecule has 3 rings (SSSR count). The van der Waals surface area contributed by atoms with Crippen molar-refractivity contribution >= 4 is 22.5 Å². The Balaban J connectivity index is 2.53. The summed E-state index contributed by atoms with van der Waals surface area (Å²) in [5.41, 5.74) is 2.40. The summed E-state index contributed by atoms with van der Waals surface area (Å²) < 4.78 is 1.79. The lowest BCUT2D eigenvalue weighted by atomic mass is 10.4. The maximum absolute atomic E-state index is 11.1.